The number of nitrogens with one attached hydrogen (secondary N) is 1. The number of nitrogens with two attached hydrogens (primary N) is 1. The Labute approximate surface area is 84.6 Å². The molecular weight excluding hydrogens is 182 g/mol. The number of carbonyl (C=O) groups excluding carboxylic acids is 2. The zero-order valence-electron chi connectivity index (χ0n) is 8.88. The van der Waals surface area contributed by atoms with E-state index in [0.29, 0.717) is 26.2 Å². The molecule has 0 spiro atoms. The second-order valence-corrected chi connectivity index (χ2v) is 2.93. The van der Waals surface area contributed by atoms with Gasteiger partial charge < -0.3 is 16.0 Å². The Balaban J connectivity index is 4.06. The summed E-state index contributed by atoms with van der Waals surface area (Å²) in [4.78, 5) is 24.2. The summed E-state index contributed by atoms with van der Waals surface area (Å²) in [6, 6.07) is 0. The number of amides is 2. The third-order valence-electron chi connectivity index (χ3n) is 1.79. The van der Waals surface area contributed by atoms with Gasteiger partial charge in [0.2, 0.25) is 0 Å². The van der Waals surface area contributed by atoms with Crippen molar-refractivity contribution in [2.45, 2.75) is 20.3 Å². The molecule has 0 aliphatic rings. The van der Waals surface area contributed by atoms with E-state index in [1.54, 1.807) is 0 Å². The monoisotopic (exact) mass is 201 g/mol. The molecule has 0 atom stereocenters. The van der Waals surface area contributed by atoms with E-state index in [9.17, 15) is 9.59 Å². The van der Waals surface area contributed by atoms with Gasteiger partial charge in [0.15, 0.2) is 0 Å². The van der Waals surface area contributed by atoms with Crippen LogP contribution in [-0.4, -0.2) is 42.9 Å². The molecule has 2 amide bonds. The second-order valence-electron chi connectivity index (χ2n) is 2.93. The topological polar surface area (TPSA) is 75.4 Å². The molecular formula is C9H19N3O2. The van der Waals surface area contributed by atoms with Gasteiger partial charge in [0.25, 0.3) is 0 Å². The maximum absolute atomic E-state index is 11.4. The molecule has 0 saturated carbocycles. The van der Waals surface area contributed by atoms with Crippen LogP contribution < -0.4 is 11.1 Å². The van der Waals surface area contributed by atoms with Crippen LogP contribution >= 0.6 is 0 Å². The van der Waals surface area contributed by atoms with Crippen molar-refractivity contribution in [1.82, 2.24) is 10.2 Å². The van der Waals surface area contributed by atoms with Crippen LogP contribution in [0.2, 0.25) is 0 Å². The Hall–Kier alpha value is -1.10. The fourth-order valence-corrected chi connectivity index (χ4v) is 1.08. The Bertz CT molecular complexity index is 194. The Morgan fingerprint density at radius 1 is 1.36 bits per heavy atom. The number of hydrogen-bond donors (Lipinski definition) is 2. The lowest BCUT2D eigenvalue weighted by atomic mass is 10.3. The Kier molecular flexibility index (Phi) is 6.74. The second kappa shape index (κ2) is 7.32. The third-order valence-corrected chi connectivity index (χ3v) is 1.79. The van der Waals surface area contributed by atoms with Crippen molar-refractivity contribution in [2.75, 3.05) is 26.2 Å². The summed E-state index contributed by atoms with van der Waals surface area (Å²) in [5.41, 5.74) is 5.20. The van der Waals surface area contributed by atoms with Crippen molar-refractivity contribution < 1.29 is 9.59 Å². The summed E-state index contributed by atoms with van der Waals surface area (Å²) in [6.45, 7) is 5.68. The highest BCUT2D eigenvalue weighted by Crippen LogP contribution is 1.92. The molecule has 5 heteroatoms. The van der Waals surface area contributed by atoms with Crippen LogP contribution in [0.4, 0.5) is 0 Å². The van der Waals surface area contributed by atoms with Gasteiger partial charge in [-0.2, -0.15) is 0 Å². The van der Waals surface area contributed by atoms with Crippen molar-refractivity contribution in [1.29, 1.82) is 0 Å². The molecule has 3 N–H and O–H groups in total. The van der Waals surface area contributed by atoms with E-state index in [-0.39, 0.29) is 0 Å². The minimum absolute atomic E-state index is 0.342. The first-order valence-electron chi connectivity index (χ1n) is 4.94. The van der Waals surface area contributed by atoms with Crippen molar-refractivity contribution in [2.24, 2.45) is 5.73 Å². The van der Waals surface area contributed by atoms with Crippen molar-refractivity contribution in [3.8, 4) is 0 Å². The molecule has 0 bridgehead atoms. The van der Waals surface area contributed by atoms with Crippen molar-refractivity contribution >= 4 is 11.8 Å². The molecule has 82 valence electrons. The number of carbonyl (C=O) groups is 2. The number of hydrogen-bond acceptors (Lipinski definition) is 3. The van der Waals surface area contributed by atoms with E-state index in [1.165, 1.54) is 4.90 Å². The van der Waals surface area contributed by atoms with Crippen LogP contribution in [0.1, 0.15) is 20.3 Å². The van der Waals surface area contributed by atoms with Gasteiger partial charge in [0.1, 0.15) is 0 Å². The van der Waals surface area contributed by atoms with Crippen molar-refractivity contribution in [3.05, 3.63) is 0 Å². The van der Waals surface area contributed by atoms with E-state index in [1.807, 2.05) is 13.8 Å². The van der Waals surface area contributed by atoms with Gasteiger partial charge in [-0.1, -0.05) is 6.92 Å². The highest BCUT2D eigenvalue weighted by Gasteiger charge is 2.18. The first-order chi connectivity index (χ1) is 6.67. The molecule has 0 fully saturated rings. The first-order valence-corrected chi connectivity index (χ1v) is 4.94. The van der Waals surface area contributed by atoms with Crippen molar-refractivity contribution in [3.63, 3.8) is 0 Å². The molecule has 0 saturated heterocycles. The fourth-order valence-electron chi connectivity index (χ4n) is 1.08. The largest absolute Gasteiger partial charge is 0.347 e. The van der Waals surface area contributed by atoms with Crippen LogP contribution in [0.15, 0.2) is 0 Å². The maximum Gasteiger partial charge on any atom is 0.311 e. The molecule has 5 nitrogen and oxygen atoms in total. The molecule has 0 rings (SSSR count). The lowest BCUT2D eigenvalue weighted by Gasteiger charge is -2.18. The number of rotatable bonds is 5. The van der Waals surface area contributed by atoms with Crippen LogP contribution in [0.5, 0.6) is 0 Å². The molecule has 0 aliphatic carbocycles. The van der Waals surface area contributed by atoms with Gasteiger partial charge in [-0.3, -0.25) is 9.59 Å². The van der Waals surface area contributed by atoms with Crippen LogP contribution in [-0.2, 0) is 9.59 Å². The fraction of sp³-hybridized carbons (Fsp3) is 0.778. The molecule has 14 heavy (non-hydrogen) atoms. The first kappa shape index (κ1) is 12.9. The van der Waals surface area contributed by atoms with E-state index in [2.05, 4.69) is 5.32 Å². The highest BCUT2D eigenvalue weighted by molar-refractivity contribution is 6.34. The van der Waals surface area contributed by atoms with E-state index < -0.39 is 11.8 Å². The molecule has 0 radical (unpaired) electrons. The lowest BCUT2D eigenvalue weighted by molar-refractivity contribution is -0.145. The summed E-state index contributed by atoms with van der Waals surface area (Å²) >= 11 is 0. The standard InChI is InChI=1S/C9H19N3O2/c1-3-7-12(4-2)9(14)8(13)11-6-5-10/h3-7,10H2,1-2H3,(H,11,13). The van der Waals surface area contributed by atoms with Gasteiger partial charge in [0.05, 0.1) is 0 Å². The summed E-state index contributed by atoms with van der Waals surface area (Å²) in [7, 11) is 0. The minimum atomic E-state index is -0.564. The van der Waals surface area contributed by atoms with Crippen LogP contribution in [0, 0.1) is 0 Å². The highest BCUT2D eigenvalue weighted by atomic mass is 16.2. The summed E-state index contributed by atoms with van der Waals surface area (Å²) < 4.78 is 0. The normalized spacial score (nSPS) is 9.64. The third kappa shape index (κ3) is 4.23. The number of nitrogens with zero attached hydrogens (tertiary/aromatic N) is 1. The average molecular weight is 201 g/mol. The quantitative estimate of drug-likeness (QED) is 0.579. The smallest absolute Gasteiger partial charge is 0.311 e. The number of likely N-dealkylation sites (N-methyl/N-ethyl adjacent to an activating group) is 1. The van der Waals surface area contributed by atoms with Crippen LogP contribution in [0.25, 0.3) is 0 Å². The Morgan fingerprint density at radius 3 is 2.43 bits per heavy atom. The van der Waals surface area contributed by atoms with E-state index >= 15 is 0 Å². The predicted octanol–water partition coefficient (Wildman–Crippen LogP) is -0.680. The van der Waals surface area contributed by atoms with Gasteiger partial charge in [-0.25, -0.2) is 0 Å². The van der Waals surface area contributed by atoms with Gasteiger partial charge in [0, 0.05) is 26.2 Å². The maximum atomic E-state index is 11.4. The van der Waals surface area contributed by atoms with Gasteiger partial charge >= 0.3 is 11.8 Å². The van der Waals surface area contributed by atoms with Crippen LogP contribution in [0.3, 0.4) is 0 Å². The summed E-state index contributed by atoms with van der Waals surface area (Å²) in [5.74, 6) is -1.03. The van der Waals surface area contributed by atoms with E-state index in [4.69, 9.17) is 5.73 Å². The molecule has 0 heterocycles. The molecule has 0 unspecified atom stereocenters. The minimum Gasteiger partial charge on any atom is -0.347 e. The molecule has 0 aromatic heterocycles. The molecule has 0 aliphatic heterocycles. The lowest BCUT2D eigenvalue weighted by Crippen LogP contribution is -2.44. The predicted molar refractivity (Wildman–Crippen MR) is 54.6 cm³/mol. The van der Waals surface area contributed by atoms with Gasteiger partial charge in [-0.15, -0.1) is 0 Å². The van der Waals surface area contributed by atoms with Gasteiger partial charge in [-0.05, 0) is 13.3 Å². The average Bonchev–Trinajstić information content (AvgIpc) is 2.21. The summed E-state index contributed by atoms with van der Waals surface area (Å²) in [5, 5.41) is 2.45. The zero-order chi connectivity index (χ0) is 11.0. The molecule has 0 aromatic rings. The SMILES string of the molecule is CCCN(CC)C(=O)C(=O)NCCN. The molecule has 0 aromatic carbocycles. The zero-order valence-corrected chi connectivity index (χ0v) is 8.88. The van der Waals surface area contributed by atoms with E-state index in [0.717, 1.165) is 6.42 Å². The summed E-state index contributed by atoms with van der Waals surface area (Å²) in [6.07, 6.45) is 0.851. The Morgan fingerprint density at radius 2 is 2.00 bits per heavy atom.